The molecule has 0 radical (unpaired) electrons. The van der Waals surface area contributed by atoms with Crippen LogP contribution in [0.1, 0.15) is 46.3 Å². The van der Waals surface area contributed by atoms with Gasteiger partial charge in [-0.2, -0.15) is 0 Å². The highest BCUT2D eigenvalue weighted by atomic mass is 16.5. The van der Waals surface area contributed by atoms with Gasteiger partial charge < -0.3 is 19.0 Å². The summed E-state index contributed by atoms with van der Waals surface area (Å²) in [6.45, 7) is 2.72. The molecule has 0 saturated heterocycles. The second kappa shape index (κ2) is 7.62. The van der Waals surface area contributed by atoms with E-state index in [0.717, 1.165) is 30.0 Å². The number of rotatable bonds is 7. The fourth-order valence-corrected chi connectivity index (χ4v) is 3.42. The molecule has 8 nitrogen and oxygen atoms in total. The van der Waals surface area contributed by atoms with Crippen LogP contribution >= 0.6 is 0 Å². The molecule has 152 valence electrons. The number of nitrogens with one attached hydrogen (secondary N) is 1. The average Bonchev–Trinajstić information content (AvgIpc) is 3.35. The third-order valence-electron chi connectivity index (χ3n) is 5.13. The van der Waals surface area contributed by atoms with Crippen molar-refractivity contribution in [3.05, 3.63) is 77.8 Å². The van der Waals surface area contributed by atoms with E-state index in [1.807, 2.05) is 52.6 Å². The quantitative estimate of drug-likeness (QED) is 0.513. The topological polar surface area (TPSA) is 86.3 Å². The Balaban J connectivity index is 1.22. The second-order valence-electron chi connectivity index (χ2n) is 7.59. The Bertz CT molecular complexity index is 1210. The Morgan fingerprint density at radius 1 is 1.23 bits per heavy atom. The van der Waals surface area contributed by atoms with Crippen molar-refractivity contribution in [3.8, 4) is 5.75 Å². The van der Waals surface area contributed by atoms with Gasteiger partial charge in [-0.25, -0.2) is 4.98 Å². The molecule has 0 atom stereocenters. The van der Waals surface area contributed by atoms with E-state index < -0.39 is 0 Å². The van der Waals surface area contributed by atoms with Crippen molar-refractivity contribution < 1.29 is 9.53 Å². The van der Waals surface area contributed by atoms with E-state index in [0.29, 0.717) is 30.5 Å². The molecular formula is C22H22N6O2. The molecule has 0 aliphatic heterocycles. The highest BCUT2D eigenvalue weighted by Gasteiger charge is 2.26. The van der Waals surface area contributed by atoms with Crippen LogP contribution in [0, 0.1) is 6.92 Å². The van der Waals surface area contributed by atoms with Gasteiger partial charge in [-0.3, -0.25) is 4.79 Å². The number of carbonyl (C=O) groups excluding carboxylic acids is 1. The number of aromatic nitrogens is 5. The number of carbonyl (C=O) groups is 1. The highest BCUT2D eigenvalue weighted by molar-refractivity contribution is 5.94. The Kier molecular flexibility index (Phi) is 4.66. The summed E-state index contributed by atoms with van der Waals surface area (Å²) in [6, 6.07) is 11.6. The zero-order valence-electron chi connectivity index (χ0n) is 16.7. The molecule has 5 rings (SSSR count). The number of benzene rings is 1. The molecule has 30 heavy (non-hydrogen) atoms. The summed E-state index contributed by atoms with van der Waals surface area (Å²) < 4.78 is 9.89. The molecule has 0 unspecified atom stereocenters. The predicted octanol–water partition coefficient (Wildman–Crippen LogP) is 3.08. The first-order valence-electron chi connectivity index (χ1n) is 9.99. The van der Waals surface area contributed by atoms with Gasteiger partial charge in [0.25, 0.3) is 5.91 Å². The summed E-state index contributed by atoms with van der Waals surface area (Å²) in [5.41, 5.74) is 3.42. The monoisotopic (exact) mass is 402 g/mol. The lowest BCUT2D eigenvalue weighted by atomic mass is 10.2. The molecule has 3 aromatic heterocycles. The van der Waals surface area contributed by atoms with Crippen LogP contribution in [0.3, 0.4) is 0 Å². The number of hydrogen-bond donors (Lipinski definition) is 1. The van der Waals surface area contributed by atoms with Gasteiger partial charge in [0.05, 0.1) is 12.2 Å². The molecule has 1 aliphatic rings. The maximum atomic E-state index is 12.6. The summed E-state index contributed by atoms with van der Waals surface area (Å²) in [5, 5.41) is 11.0. The first-order valence-corrected chi connectivity index (χ1v) is 9.99. The Morgan fingerprint density at radius 2 is 2.13 bits per heavy atom. The molecule has 1 saturated carbocycles. The van der Waals surface area contributed by atoms with Crippen molar-refractivity contribution in [3.63, 3.8) is 0 Å². The number of aryl methyl sites for hydroxylation is 1. The summed E-state index contributed by atoms with van der Waals surface area (Å²) in [4.78, 5) is 17.1. The maximum absolute atomic E-state index is 12.6. The van der Waals surface area contributed by atoms with Gasteiger partial charge in [-0.1, -0.05) is 12.1 Å². The number of pyridine rings is 1. The molecule has 0 bridgehead atoms. The van der Waals surface area contributed by atoms with E-state index in [2.05, 4.69) is 20.5 Å². The van der Waals surface area contributed by atoms with Crippen molar-refractivity contribution in [2.75, 3.05) is 0 Å². The van der Waals surface area contributed by atoms with E-state index in [1.165, 1.54) is 5.56 Å². The first-order chi connectivity index (χ1) is 14.7. The molecule has 1 aliphatic carbocycles. The van der Waals surface area contributed by atoms with Crippen LogP contribution in [0.5, 0.6) is 5.75 Å². The molecule has 0 spiro atoms. The molecular weight excluding hydrogens is 380 g/mol. The minimum atomic E-state index is -0.172. The van der Waals surface area contributed by atoms with Crippen molar-refractivity contribution >= 4 is 11.6 Å². The van der Waals surface area contributed by atoms with E-state index in [4.69, 9.17) is 4.74 Å². The molecule has 3 heterocycles. The molecule has 1 aromatic carbocycles. The van der Waals surface area contributed by atoms with Gasteiger partial charge in [0.1, 0.15) is 24.3 Å². The molecule has 4 aromatic rings. The maximum Gasteiger partial charge on any atom is 0.251 e. The van der Waals surface area contributed by atoms with Crippen LogP contribution in [0.4, 0.5) is 0 Å². The molecule has 1 N–H and O–H groups in total. The predicted molar refractivity (Wildman–Crippen MR) is 110 cm³/mol. The van der Waals surface area contributed by atoms with Crippen molar-refractivity contribution in [2.24, 2.45) is 0 Å². The largest absolute Gasteiger partial charge is 0.487 e. The lowest BCUT2D eigenvalue weighted by molar-refractivity contribution is 0.0949. The van der Waals surface area contributed by atoms with Crippen LogP contribution in [-0.4, -0.2) is 30.1 Å². The first kappa shape index (κ1) is 18.4. The third-order valence-corrected chi connectivity index (χ3v) is 5.13. The second-order valence-corrected chi connectivity index (χ2v) is 7.59. The summed E-state index contributed by atoms with van der Waals surface area (Å²) in [5.74, 6) is 1.23. The van der Waals surface area contributed by atoms with Gasteiger partial charge in [0, 0.05) is 24.0 Å². The SMILES string of the molecule is Cc1ccc2nc(COc3cccc(C(=O)NCc4nncn4C4CC4)c3)cn2c1. The van der Waals surface area contributed by atoms with E-state index in [9.17, 15) is 4.79 Å². The normalized spacial score (nSPS) is 13.5. The van der Waals surface area contributed by atoms with E-state index in [1.54, 1.807) is 18.5 Å². The van der Waals surface area contributed by atoms with E-state index >= 15 is 0 Å². The van der Waals surface area contributed by atoms with Gasteiger partial charge in [-0.05, 0) is 49.6 Å². The van der Waals surface area contributed by atoms with E-state index in [-0.39, 0.29) is 5.91 Å². The minimum absolute atomic E-state index is 0.172. The van der Waals surface area contributed by atoms with Gasteiger partial charge in [-0.15, -0.1) is 10.2 Å². The lowest BCUT2D eigenvalue weighted by Crippen LogP contribution is -2.24. The smallest absolute Gasteiger partial charge is 0.251 e. The van der Waals surface area contributed by atoms with Crippen molar-refractivity contribution in [1.82, 2.24) is 29.5 Å². The summed E-state index contributed by atoms with van der Waals surface area (Å²) in [6.07, 6.45) is 8.00. The fourth-order valence-electron chi connectivity index (χ4n) is 3.42. The zero-order chi connectivity index (χ0) is 20.5. The number of ether oxygens (including phenoxy) is 1. The zero-order valence-corrected chi connectivity index (χ0v) is 16.7. The third kappa shape index (κ3) is 3.89. The average molecular weight is 402 g/mol. The van der Waals surface area contributed by atoms with Crippen LogP contribution < -0.4 is 10.1 Å². The highest BCUT2D eigenvalue weighted by Crippen LogP contribution is 2.35. The van der Waals surface area contributed by atoms with Crippen LogP contribution in [0.15, 0.2) is 55.1 Å². The Hall–Kier alpha value is -3.68. The Labute approximate surface area is 173 Å². The summed E-state index contributed by atoms with van der Waals surface area (Å²) in [7, 11) is 0. The van der Waals surface area contributed by atoms with Crippen LogP contribution in [-0.2, 0) is 13.2 Å². The number of amides is 1. The van der Waals surface area contributed by atoms with Crippen LogP contribution in [0.25, 0.3) is 5.65 Å². The molecule has 1 amide bonds. The van der Waals surface area contributed by atoms with Crippen molar-refractivity contribution in [2.45, 2.75) is 39.0 Å². The van der Waals surface area contributed by atoms with Crippen LogP contribution in [0.2, 0.25) is 0 Å². The molecule has 8 heteroatoms. The minimum Gasteiger partial charge on any atom is -0.487 e. The fraction of sp³-hybridized carbons (Fsp3) is 0.273. The van der Waals surface area contributed by atoms with Crippen molar-refractivity contribution in [1.29, 1.82) is 0 Å². The standard InChI is InChI=1S/C22H22N6O2/c1-15-5-8-20-25-17(12-27(20)11-15)13-30-19-4-2-3-16(9-19)22(29)23-10-21-26-24-14-28(21)18-6-7-18/h2-5,8-9,11-12,14,18H,6-7,10,13H2,1H3,(H,23,29). The number of imidazole rings is 1. The van der Waals surface area contributed by atoms with Gasteiger partial charge >= 0.3 is 0 Å². The number of nitrogens with zero attached hydrogens (tertiary/aromatic N) is 5. The lowest BCUT2D eigenvalue weighted by Gasteiger charge is -2.09. The molecule has 1 fully saturated rings. The van der Waals surface area contributed by atoms with Gasteiger partial charge in [0.15, 0.2) is 5.82 Å². The number of fused-ring (bicyclic) bond motifs is 1. The number of hydrogen-bond acceptors (Lipinski definition) is 5. The van der Waals surface area contributed by atoms with Gasteiger partial charge in [0.2, 0.25) is 0 Å². The Morgan fingerprint density at radius 3 is 3.00 bits per heavy atom. The summed E-state index contributed by atoms with van der Waals surface area (Å²) >= 11 is 0.